The number of carboxylic acid groups (broad SMARTS) is 2. The highest BCUT2D eigenvalue weighted by atomic mass is 35.5. The van der Waals surface area contributed by atoms with Crippen LogP contribution in [0.5, 0.6) is 5.75 Å². The van der Waals surface area contributed by atoms with Crippen LogP contribution in [-0.2, 0) is 51.9 Å². The Balaban J connectivity index is 1.82. The average molecular weight is 1220 g/mol. The molecule has 0 spiro atoms. The van der Waals surface area contributed by atoms with Gasteiger partial charge < -0.3 is 24.2 Å². The van der Waals surface area contributed by atoms with Crippen molar-refractivity contribution in [3.8, 4) is 5.75 Å². The second-order valence-corrected chi connectivity index (χ2v) is 28.1. The minimum atomic E-state index is -4.08. The smallest absolute Gasteiger partial charge is 0.481 e. The third kappa shape index (κ3) is 41.6. The quantitative estimate of drug-likeness (QED) is 0.0486. The molecule has 0 saturated carbocycles. The van der Waals surface area contributed by atoms with Crippen LogP contribution >= 0.6 is 19.4 Å². The van der Waals surface area contributed by atoms with E-state index in [-0.39, 0.29) is 19.0 Å². The van der Waals surface area contributed by atoms with Gasteiger partial charge in [0.1, 0.15) is 11.9 Å². The number of rotatable bonds is 61. The van der Waals surface area contributed by atoms with Gasteiger partial charge in [-0.15, -0.1) is 0 Å². The Hall–Kier alpha value is -2.46. The van der Waals surface area contributed by atoms with Gasteiger partial charge >= 0.3 is 19.8 Å². The number of carbonyl (C=O) groups is 2. The van der Waals surface area contributed by atoms with Gasteiger partial charge in [0, 0.05) is 13.2 Å². The predicted octanol–water partition coefficient (Wildman–Crippen LogP) is 22.8. The summed E-state index contributed by atoms with van der Waals surface area (Å²) >= 11 is 6.50. The molecule has 0 aliphatic heterocycles. The lowest BCUT2D eigenvalue weighted by molar-refractivity contribution is -0.147. The summed E-state index contributed by atoms with van der Waals surface area (Å²) < 4.78 is 45.1. The number of ether oxygens (including phenoxy) is 2. The molecule has 0 fully saturated rings. The summed E-state index contributed by atoms with van der Waals surface area (Å²) in [5.41, 5.74) is 1.18. The molecule has 12 heteroatoms. The number of halogens is 1. The van der Waals surface area contributed by atoms with Gasteiger partial charge in [-0.3, -0.25) is 18.6 Å². The van der Waals surface area contributed by atoms with Gasteiger partial charge in [0.2, 0.25) is 0 Å². The molecule has 1 unspecified atom stereocenters. The number of phosphoric ester groups is 1. The fourth-order valence-electron chi connectivity index (χ4n) is 11.1. The Morgan fingerprint density at radius 2 is 0.798 bits per heavy atom. The molecule has 0 bridgehead atoms. The Morgan fingerprint density at radius 3 is 1.19 bits per heavy atom. The molecule has 2 N–H and O–H groups in total. The van der Waals surface area contributed by atoms with Crippen molar-refractivity contribution in [1.29, 1.82) is 0 Å². The molecule has 0 amide bonds. The van der Waals surface area contributed by atoms with E-state index >= 15 is 0 Å². The molecule has 0 aliphatic rings. The van der Waals surface area contributed by atoms with Crippen LogP contribution in [0.4, 0.5) is 0 Å². The van der Waals surface area contributed by atoms with E-state index in [2.05, 4.69) is 26.0 Å². The molecule has 0 heterocycles. The first kappa shape index (κ1) is 77.6. The number of hydrogen-bond acceptors (Lipinski definition) is 8. The van der Waals surface area contributed by atoms with Gasteiger partial charge in [0.05, 0.1) is 35.7 Å². The maximum Gasteiger partial charge on any atom is 0.530 e. The lowest BCUT2D eigenvalue weighted by Crippen LogP contribution is -2.27. The monoisotopic (exact) mass is 1220 g/mol. The third-order valence-electron chi connectivity index (χ3n) is 16.7. The first-order valence-corrected chi connectivity index (χ1v) is 36.6. The van der Waals surface area contributed by atoms with Gasteiger partial charge in [0.25, 0.3) is 0 Å². The van der Waals surface area contributed by atoms with Crippen molar-refractivity contribution in [1.82, 2.24) is 0 Å². The normalized spacial score (nSPS) is 13.1. The maximum absolute atomic E-state index is 14.4. The summed E-state index contributed by atoms with van der Waals surface area (Å²) in [5, 5.41) is 19.9. The molecular formula is C72H126ClO10P. The Labute approximate surface area is 520 Å². The van der Waals surface area contributed by atoms with Crippen LogP contribution in [-0.4, -0.2) is 61.3 Å². The molecule has 0 aliphatic carbocycles. The van der Waals surface area contributed by atoms with Crippen molar-refractivity contribution >= 4 is 31.4 Å². The van der Waals surface area contributed by atoms with E-state index in [0.717, 1.165) is 107 Å². The standard InChI is InChI=1S/C72H126ClO10P/c1-7-9-11-13-15-17-19-21-23-25-27-29-33-37-41-47-53-79-61-66(80-54-48-42-38-34-30-28-26-24-22-20-18-16-14-12-10-8-2)62-82-84(78,83-68-52-46-45-51-67(68)73)81-55-49-43-39-35-31-32-36-40-44-50-63-56-64(59-71(3,4)69(74)75)58-65(57-63)60-72(5,6)70(76)77/h45-46,51-52,56-58,66H,7-44,47-50,53-55,59-62H2,1-6H3,(H,74,75)(H,76,77)/t66-,84?/m0/s1. The number of carboxylic acids is 2. The van der Waals surface area contributed by atoms with Crippen molar-refractivity contribution in [3.63, 3.8) is 0 Å². The fraction of sp³-hybridized carbons (Fsp3) is 0.806. The van der Waals surface area contributed by atoms with Gasteiger partial charge in [-0.2, -0.15) is 0 Å². The largest absolute Gasteiger partial charge is 0.530 e. The summed E-state index contributed by atoms with van der Waals surface area (Å²) in [6, 6.07) is 13.2. The zero-order valence-electron chi connectivity index (χ0n) is 54.8. The minimum Gasteiger partial charge on any atom is -0.481 e. The number of unbranched alkanes of at least 4 members (excludes halogenated alkanes) is 38. The zero-order chi connectivity index (χ0) is 61.3. The highest BCUT2D eigenvalue weighted by molar-refractivity contribution is 7.48. The molecule has 2 aromatic carbocycles. The van der Waals surface area contributed by atoms with E-state index < -0.39 is 36.7 Å². The van der Waals surface area contributed by atoms with Gasteiger partial charge in [-0.05, 0) is 101 Å². The maximum atomic E-state index is 14.4. The average Bonchev–Trinajstić information content (AvgIpc) is 3.53. The van der Waals surface area contributed by atoms with E-state index in [0.29, 0.717) is 37.7 Å². The Bertz CT molecular complexity index is 1910. The molecule has 0 aromatic heterocycles. The second kappa shape index (κ2) is 50.4. The molecule has 0 radical (unpaired) electrons. The number of benzene rings is 2. The molecule has 0 saturated heterocycles. The lowest BCUT2D eigenvalue weighted by Gasteiger charge is -2.23. The van der Waals surface area contributed by atoms with Crippen LogP contribution < -0.4 is 4.52 Å². The summed E-state index contributed by atoms with van der Waals surface area (Å²) in [7, 11) is -4.08. The minimum absolute atomic E-state index is 0.0171. The van der Waals surface area contributed by atoms with Crippen LogP contribution in [0, 0.1) is 10.8 Å². The van der Waals surface area contributed by atoms with Crippen LogP contribution in [0.1, 0.15) is 321 Å². The molecule has 2 rings (SSSR count). The lowest BCUT2D eigenvalue weighted by atomic mass is 9.81. The first-order chi connectivity index (χ1) is 40.6. The number of aryl methyl sites for hydroxylation is 1. The second-order valence-electron chi connectivity index (χ2n) is 26.1. The summed E-state index contributed by atoms with van der Waals surface area (Å²) in [5.74, 6) is -1.44. The molecule has 2 aromatic rings. The topological polar surface area (TPSA) is 138 Å². The summed E-state index contributed by atoms with van der Waals surface area (Å²) in [4.78, 5) is 23.8. The molecule has 84 heavy (non-hydrogen) atoms. The molecular weight excluding hydrogens is 1090 g/mol. The highest BCUT2D eigenvalue weighted by Gasteiger charge is 2.32. The number of phosphoric acid groups is 1. The van der Waals surface area contributed by atoms with Crippen LogP contribution in [0.15, 0.2) is 42.5 Å². The summed E-state index contributed by atoms with van der Waals surface area (Å²) in [6.07, 6.45) is 52.9. The Kier molecular flexibility index (Phi) is 46.6. The summed E-state index contributed by atoms with van der Waals surface area (Å²) in [6.45, 7) is 13.3. The van der Waals surface area contributed by atoms with Gasteiger partial charge in [-0.1, -0.05) is 293 Å². The van der Waals surface area contributed by atoms with Crippen LogP contribution in [0.3, 0.4) is 0 Å². The number of para-hydroxylation sites is 1. The predicted molar refractivity (Wildman–Crippen MR) is 353 cm³/mol. The number of aliphatic carboxylic acids is 2. The van der Waals surface area contributed by atoms with Crippen molar-refractivity contribution in [2.75, 3.05) is 33.0 Å². The van der Waals surface area contributed by atoms with Gasteiger partial charge in [-0.25, -0.2) is 4.57 Å². The third-order valence-corrected chi connectivity index (χ3v) is 18.4. The van der Waals surface area contributed by atoms with E-state index in [1.807, 2.05) is 6.07 Å². The van der Waals surface area contributed by atoms with Crippen molar-refractivity contribution in [2.45, 2.75) is 330 Å². The van der Waals surface area contributed by atoms with E-state index in [9.17, 15) is 24.4 Å². The van der Waals surface area contributed by atoms with Crippen molar-refractivity contribution in [3.05, 3.63) is 64.2 Å². The van der Waals surface area contributed by atoms with E-state index in [4.69, 9.17) is 34.6 Å². The van der Waals surface area contributed by atoms with Crippen LogP contribution in [0.2, 0.25) is 5.02 Å². The zero-order valence-corrected chi connectivity index (χ0v) is 56.4. The fourth-order valence-corrected chi connectivity index (χ4v) is 12.6. The molecule has 10 nitrogen and oxygen atoms in total. The number of hydrogen-bond donors (Lipinski definition) is 2. The Morgan fingerprint density at radius 1 is 0.452 bits per heavy atom. The van der Waals surface area contributed by atoms with E-state index in [1.54, 1.807) is 52.0 Å². The molecule has 486 valence electrons. The van der Waals surface area contributed by atoms with Crippen LogP contribution in [0.25, 0.3) is 0 Å². The highest BCUT2D eigenvalue weighted by Crippen LogP contribution is 2.51. The van der Waals surface area contributed by atoms with E-state index in [1.165, 1.54) is 180 Å². The SMILES string of the molecule is CCCCCCCCCCCCCCCCCCOC[C@@H](COP(=O)(OCCCCCCCCCCCc1cc(CC(C)(C)C(=O)O)cc(CC(C)(C)C(=O)O)c1)Oc1ccccc1Cl)OCCCCCCCCCCCCCCCCCC. The molecule has 2 atom stereocenters. The van der Waals surface area contributed by atoms with Crippen molar-refractivity contribution in [2.24, 2.45) is 10.8 Å². The van der Waals surface area contributed by atoms with Crippen molar-refractivity contribution < 1.29 is 47.4 Å². The van der Waals surface area contributed by atoms with Gasteiger partial charge in [0.15, 0.2) is 0 Å². The first-order valence-electron chi connectivity index (χ1n) is 34.7.